The lowest BCUT2D eigenvalue weighted by Crippen LogP contribution is -2.25. The van der Waals surface area contributed by atoms with Gasteiger partial charge in [0.15, 0.2) is 0 Å². The molecule has 0 bridgehead atoms. The Balaban J connectivity index is 1.86. The highest BCUT2D eigenvalue weighted by Gasteiger charge is 2.24. The number of hydrogen-bond donors (Lipinski definition) is 2. The van der Waals surface area contributed by atoms with Gasteiger partial charge < -0.3 is 15.0 Å². The van der Waals surface area contributed by atoms with E-state index in [-0.39, 0.29) is 11.9 Å². The molecule has 2 N–H and O–H groups in total. The minimum Gasteiger partial charge on any atom is -0.461 e. The number of aromatic nitrogens is 1. The van der Waals surface area contributed by atoms with Crippen LogP contribution in [0.3, 0.4) is 0 Å². The van der Waals surface area contributed by atoms with Crippen molar-refractivity contribution in [2.45, 2.75) is 25.8 Å². The number of carbonyl (C=O) groups excluding carboxylic acids is 2. The molecule has 3 rings (SSSR count). The first-order valence-electron chi connectivity index (χ1n) is 6.78. The zero-order chi connectivity index (χ0) is 14.1. The monoisotopic (exact) mass is 272 g/mol. The van der Waals surface area contributed by atoms with Crippen LogP contribution >= 0.6 is 0 Å². The Morgan fingerprint density at radius 2 is 2.15 bits per heavy atom. The molecule has 20 heavy (non-hydrogen) atoms. The van der Waals surface area contributed by atoms with Crippen molar-refractivity contribution >= 4 is 22.8 Å². The molecule has 1 fully saturated rings. The van der Waals surface area contributed by atoms with Crippen molar-refractivity contribution in [1.82, 2.24) is 10.3 Å². The van der Waals surface area contributed by atoms with Crippen molar-refractivity contribution in [2.24, 2.45) is 0 Å². The number of H-pyrrole nitrogens is 1. The Morgan fingerprint density at radius 3 is 2.85 bits per heavy atom. The summed E-state index contributed by atoms with van der Waals surface area (Å²) in [5.41, 5.74) is 1.83. The highest BCUT2D eigenvalue weighted by Crippen LogP contribution is 2.21. The lowest BCUT2D eigenvalue weighted by Gasteiger charge is -2.02. The van der Waals surface area contributed by atoms with Crippen LogP contribution in [0.2, 0.25) is 0 Å². The van der Waals surface area contributed by atoms with Crippen LogP contribution in [0.25, 0.3) is 10.9 Å². The van der Waals surface area contributed by atoms with Gasteiger partial charge in [-0.15, -0.1) is 0 Å². The van der Waals surface area contributed by atoms with E-state index < -0.39 is 0 Å². The van der Waals surface area contributed by atoms with Gasteiger partial charge in [0.2, 0.25) is 0 Å². The van der Waals surface area contributed by atoms with Crippen LogP contribution < -0.4 is 5.32 Å². The van der Waals surface area contributed by atoms with Crippen LogP contribution in [-0.4, -0.2) is 29.5 Å². The standard InChI is InChI=1S/C15H16N2O3/c1-2-20-15(19)13-8-10-7-9(3-6-12(10)17-13)14(18)16-11-4-5-11/h3,6-8,11,17H,2,4-5H2,1H3,(H,16,18). The Morgan fingerprint density at radius 1 is 1.35 bits per heavy atom. The van der Waals surface area contributed by atoms with Gasteiger partial charge in [0.1, 0.15) is 5.69 Å². The first-order chi connectivity index (χ1) is 9.67. The van der Waals surface area contributed by atoms with Crippen molar-refractivity contribution in [3.63, 3.8) is 0 Å². The van der Waals surface area contributed by atoms with Crippen molar-refractivity contribution in [3.05, 3.63) is 35.5 Å². The van der Waals surface area contributed by atoms with E-state index in [0.717, 1.165) is 23.7 Å². The fourth-order valence-corrected chi connectivity index (χ4v) is 2.09. The second kappa shape index (κ2) is 5.00. The lowest BCUT2D eigenvalue weighted by molar-refractivity contribution is 0.0520. The fourth-order valence-electron chi connectivity index (χ4n) is 2.09. The van der Waals surface area contributed by atoms with Crippen LogP contribution in [0, 0.1) is 0 Å². The van der Waals surface area contributed by atoms with Gasteiger partial charge in [0.05, 0.1) is 6.61 Å². The van der Waals surface area contributed by atoms with Crippen LogP contribution in [0.5, 0.6) is 0 Å². The van der Waals surface area contributed by atoms with Gasteiger partial charge in [-0.1, -0.05) is 0 Å². The maximum atomic E-state index is 12.0. The minimum atomic E-state index is -0.382. The molecule has 1 aliphatic rings. The highest BCUT2D eigenvalue weighted by molar-refractivity contribution is 6.00. The lowest BCUT2D eigenvalue weighted by atomic mass is 10.1. The number of carbonyl (C=O) groups is 2. The zero-order valence-electron chi connectivity index (χ0n) is 11.2. The van der Waals surface area contributed by atoms with Gasteiger partial charge in [-0.05, 0) is 44.0 Å². The van der Waals surface area contributed by atoms with Crippen molar-refractivity contribution < 1.29 is 14.3 Å². The Hall–Kier alpha value is -2.30. The number of esters is 1. The van der Waals surface area contributed by atoms with Crippen molar-refractivity contribution in [2.75, 3.05) is 6.61 Å². The van der Waals surface area contributed by atoms with Gasteiger partial charge in [0, 0.05) is 22.5 Å². The van der Waals surface area contributed by atoms with Crippen LogP contribution in [0.15, 0.2) is 24.3 Å². The van der Waals surface area contributed by atoms with E-state index in [9.17, 15) is 9.59 Å². The normalized spacial score (nSPS) is 14.2. The molecule has 5 nitrogen and oxygen atoms in total. The molecule has 104 valence electrons. The third-order valence-corrected chi connectivity index (χ3v) is 3.29. The molecule has 2 aromatic rings. The Kier molecular flexibility index (Phi) is 3.18. The third kappa shape index (κ3) is 2.52. The topological polar surface area (TPSA) is 71.2 Å². The minimum absolute atomic E-state index is 0.0618. The fraction of sp³-hybridized carbons (Fsp3) is 0.333. The molecule has 1 saturated carbocycles. The van der Waals surface area contributed by atoms with Crippen LogP contribution in [0.4, 0.5) is 0 Å². The van der Waals surface area contributed by atoms with Gasteiger partial charge in [0.25, 0.3) is 5.91 Å². The summed E-state index contributed by atoms with van der Waals surface area (Å²) in [5, 5.41) is 3.77. The Labute approximate surface area is 116 Å². The van der Waals surface area contributed by atoms with Gasteiger partial charge in [-0.3, -0.25) is 4.79 Å². The summed E-state index contributed by atoms with van der Waals surface area (Å²) >= 11 is 0. The molecule has 1 aromatic carbocycles. The summed E-state index contributed by atoms with van der Waals surface area (Å²) < 4.78 is 4.95. The predicted molar refractivity (Wildman–Crippen MR) is 74.7 cm³/mol. The summed E-state index contributed by atoms with van der Waals surface area (Å²) in [5.74, 6) is -0.444. The summed E-state index contributed by atoms with van der Waals surface area (Å²) in [4.78, 5) is 26.6. The quantitative estimate of drug-likeness (QED) is 0.838. The van der Waals surface area contributed by atoms with E-state index in [4.69, 9.17) is 4.74 Å². The van der Waals surface area contributed by atoms with Crippen LogP contribution in [-0.2, 0) is 4.74 Å². The maximum Gasteiger partial charge on any atom is 0.354 e. The highest BCUT2D eigenvalue weighted by atomic mass is 16.5. The van der Waals surface area contributed by atoms with Gasteiger partial charge in [-0.2, -0.15) is 0 Å². The molecule has 1 heterocycles. The molecule has 0 spiro atoms. The molecule has 5 heteroatoms. The molecule has 1 aliphatic carbocycles. The molecule has 0 saturated heterocycles. The van der Waals surface area contributed by atoms with E-state index in [1.54, 1.807) is 31.2 Å². The zero-order valence-corrected chi connectivity index (χ0v) is 11.2. The van der Waals surface area contributed by atoms with E-state index in [1.807, 2.05) is 0 Å². The molecule has 1 aromatic heterocycles. The van der Waals surface area contributed by atoms with E-state index in [0.29, 0.717) is 23.9 Å². The average molecular weight is 272 g/mol. The molecule has 0 atom stereocenters. The second-order valence-electron chi connectivity index (χ2n) is 4.95. The smallest absolute Gasteiger partial charge is 0.354 e. The number of ether oxygens (including phenoxy) is 1. The summed E-state index contributed by atoms with van der Waals surface area (Å²) in [6.07, 6.45) is 2.12. The van der Waals surface area contributed by atoms with Gasteiger partial charge >= 0.3 is 5.97 Å². The number of fused-ring (bicyclic) bond motifs is 1. The molecule has 0 aliphatic heterocycles. The average Bonchev–Trinajstić information content (AvgIpc) is 3.14. The number of hydrogen-bond acceptors (Lipinski definition) is 3. The van der Waals surface area contributed by atoms with E-state index in [1.165, 1.54) is 0 Å². The maximum absolute atomic E-state index is 12.0. The first-order valence-corrected chi connectivity index (χ1v) is 6.78. The van der Waals surface area contributed by atoms with Crippen LogP contribution in [0.1, 0.15) is 40.6 Å². The number of aromatic amines is 1. The number of nitrogens with one attached hydrogen (secondary N) is 2. The predicted octanol–water partition coefficient (Wildman–Crippen LogP) is 2.24. The SMILES string of the molecule is CCOC(=O)c1cc2cc(C(=O)NC3CC3)ccc2[nH]1. The van der Waals surface area contributed by atoms with Crippen molar-refractivity contribution in [1.29, 1.82) is 0 Å². The molecular weight excluding hydrogens is 256 g/mol. The number of amides is 1. The summed E-state index contributed by atoms with van der Waals surface area (Å²) in [6.45, 7) is 2.10. The largest absolute Gasteiger partial charge is 0.461 e. The number of rotatable bonds is 4. The second-order valence-corrected chi connectivity index (χ2v) is 4.95. The summed E-state index contributed by atoms with van der Waals surface area (Å²) in [7, 11) is 0. The third-order valence-electron chi connectivity index (χ3n) is 3.29. The van der Waals surface area contributed by atoms with Gasteiger partial charge in [-0.25, -0.2) is 4.79 Å². The van der Waals surface area contributed by atoms with E-state index >= 15 is 0 Å². The van der Waals surface area contributed by atoms with E-state index in [2.05, 4.69) is 10.3 Å². The molecule has 0 radical (unpaired) electrons. The summed E-state index contributed by atoms with van der Waals surface area (Å²) in [6, 6.07) is 7.39. The first kappa shape index (κ1) is 12.7. The molecular formula is C15H16N2O3. The Bertz CT molecular complexity index is 671. The number of benzene rings is 1. The van der Waals surface area contributed by atoms with Crippen molar-refractivity contribution in [3.8, 4) is 0 Å². The molecule has 1 amide bonds. The molecule has 0 unspecified atom stereocenters.